The van der Waals surface area contributed by atoms with Crippen LogP contribution in [0.25, 0.3) is 0 Å². The first-order valence-corrected chi connectivity index (χ1v) is 6.20. The van der Waals surface area contributed by atoms with Gasteiger partial charge >= 0.3 is 0 Å². The first kappa shape index (κ1) is 13.2. The molecule has 0 aliphatic rings. The lowest BCUT2D eigenvalue weighted by atomic mass is 10.0. The Labute approximate surface area is 98.2 Å². The number of hydrazine groups is 1. The van der Waals surface area contributed by atoms with Gasteiger partial charge in [0.1, 0.15) is 5.82 Å². The average molecular weight is 224 g/mol. The molecule has 0 fully saturated rings. The molecule has 3 N–H and O–H groups in total. The zero-order valence-corrected chi connectivity index (χ0v) is 10.4. The van der Waals surface area contributed by atoms with Crippen molar-refractivity contribution in [3.05, 3.63) is 18.2 Å². The largest absolute Gasteiger partial charge is 0.338 e. The van der Waals surface area contributed by atoms with Gasteiger partial charge in [-0.2, -0.15) is 0 Å². The van der Waals surface area contributed by atoms with Crippen molar-refractivity contribution < 1.29 is 0 Å². The van der Waals surface area contributed by atoms with E-state index >= 15 is 0 Å². The van der Waals surface area contributed by atoms with Gasteiger partial charge in [-0.3, -0.25) is 11.3 Å². The average Bonchev–Trinajstić information content (AvgIpc) is 2.69. The van der Waals surface area contributed by atoms with Crippen LogP contribution in [0.3, 0.4) is 0 Å². The van der Waals surface area contributed by atoms with Crippen molar-refractivity contribution in [2.45, 2.75) is 51.5 Å². The van der Waals surface area contributed by atoms with Crippen LogP contribution in [0.5, 0.6) is 0 Å². The van der Waals surface area contributed by atoms with Gasteiger partial charge in [0.15, 0.2) is 0 Å². The fourth-order valence-corrected chi connectivity index (χ4v) is 1.89. The smallest absolute Gasteiger partial charge is 0.108 e. The number of rotatable bonds is 8. The number of nitrogens with one attached hydrogen (secondary N) is 1. The van der Waals surface area contributed by atoms with Crippen molar-refractivity contribution in [2.75, 3.05) is 0 Å². The number of aryl methyl sites for hydroxylation is 2. The zero-order valence-electron chi connectivity index (χ0n) is 10.4. The van der Waals surface area contributed by atoms with E-state index in [2.05, 4.69) is 21.9 Å². The number of nitrogens with two attached hydrogens (primary N) is 1. The molecule has 0 saturated carbocycles. The van der Waals surface area contributed by atoms with Crippen molar-refractivity contribution >= 4 is 0 Å². The molecule has 0 bridgehead atoms. The molecule has 1 aromatic heterocycles. The molecule has 1 atom stereocenters. The van der Waals surface area contributed by atoms with E-state index in [-0.39, 0.29) is 0 Å². The summed E-state index contributed by atoms with van der Waals surface area (Å²) >= 11 is 0. The quantitative estimate of drug-likeness (QED) is 0.402. The molecule has 1 heterocycles. The molecule has 4 nitrogen and oxygen atoms in total. The molecule has 0 aliphatic heterocycles. The third-order valence-electron chi connectivity index (χ3n) is 3.03. The Balaban J connectivity index is 2.26. The Bertz CT molecular complexity index is 282. The molecule has 4 heteroatoms. The summed E-state index contributed by atoms with van der Waals surface area (Å²) in [6.45, 7) is 2.22. The normalized spacial score (nSPS) is 12.9. The summed E-state index contributed by atoms with van der Waals surface area (Å²) in [6, 6.07) is 0.420. The highest BCUT2D eigenvalue weighted by atomic mass is 15.2. The molecule has 1 aromatic rings. The van der Waals surface area contributed by atoms with Gasteiger partial charge in [-0.25, -0.2) is 4.98 Å². The maximum Gasteiger partial charge on any atom is 0.108 e. The summed E-state index contributed by atoms with van der Waals surface area (Å²) in [6.07, 6.45) is 10.8. The second-order valence-corrected chi connectivity index (χ2v) is 4.35. The topological polar surface area (TPSA) is 55.9 Å². The Morgan fingerprint density at radius 1 is 1.44 bits per heavy atom. The van der Waals surface area contributed by atoms with Gasteiger partial charge in [-0.05, 0) is 12.8 Å². The fourth-order valence-electron chi connectivity index (χ4n) is 1.89. The van der Waals surface area contributed by atoms with E-state index in [0.29, 0.717) is 6.04 Å². The number of hydrogen-bond acceptors (Lipinski definition) is 3. The highest BCUT2D eigenvalue weighted by molar-refractivity contribution is 4.91. The van der Waals surface area contributed by atoms with Gasteiger partial charge in [0, 0.05) is 31.9 Å². The molecule has 0 spiro atoms. The fraction of sp³-hybridized carbons (Fsp3) is 0.750. The van der Waals surface area contributed by atoms with E-state index in [9.17, 15) is 0 Å². The van der Waals surface area contributed by atoms with Crippen LogP contribution < -0.4 is 11.3 Å². The van der Waals surface area contributed by atoms with Crippen LogP contribution in [0.2, 0.25) is 0 Å². The number of aromatic nitrogens is 2. The molecular weight excluding hydrogens is 200 g/mol. The molecule has 0 amide bonds. The molecule has 0 radical (unpaired) electrons. The Morgan fingerprint density at radius 2 is 2.25 bits per heavy atom. The van der Waals surface area contributed by atoms with Gasteiger partial charge in [0.2, 0.25) is 0 Å². The van der Waals surface area contributed by atoms with Crippen LogP contribution in [-0.2, 0) is 13.5 Å². The number of nitrogens with zero attached hydrogens (tertiary/aromatic N) is 2. The number of hydrogen-bond donors (Lipinski definition) is 2. The minimum Gasteiger partial charge on any atom is -0.338 e. The van der Waals surface area contributed by atoms with Crippen molar-refractivity contribution in [3.63, 3.8) is 0 Å². The SMILES string of the molecule is CCCCCC(CCc1nccn1C)NN. The number of unbranched alkanes of at least 4 members (excludes halogenated alkanes) is 2. The van der Waals surface area contributed by atoms with Gasteiger partial charge in [0.05, 0.1) is 0 Å². The molecule has 16 heavy (non-hydrogen) atoms. The second kappa shape index (κ2) is 7.41. The van der Waals surface area contributed by atoms with E-state index in [4.69, 9.17) is 5.84 Å². The molecule has 1 unspecified atom stereocenters. The van der Waals surface area contributed by atoms with Crippen LogP contribution in [0, 0.1) is 0 Å². The van der Waals surface area contributed by atoms with Crippen molar-refractivity contribution in [1.29, 1.82) is 0 Å². The minimum absolute atomic E-state index is 0.420. The standard InChI is InChI=1S/C12H24N4/c1-3-4-5-6-11(15-13)7-8-12-14-9-10-16(12)2/h9-11,15H,3-8,13H2,1-2H3. The lowest BCUT2D eigenvalue weighted by Gasteiger charge is -2.15. The van der Waals surface area contributed by atoms with Crippen LogP contribution in [0.1, 0.15) is 44.9 Å². The maximum absolute atomic E-state index is 5.56. The van der Waals surface area contributed by atoms with E-state index in [1.165, 1.54) is 19.3 Å². The van der Waals surface area contributed by atoms with Crippen LogP contribution in [0.4, 0.5) is 0 Å². The van der Waals surface area contributed by atoms with Crippen LogP contribution in [-0.4, -0.2) is 15.6 Å². The summed E-state index contributed by atoms with van der Waals surface area (Å²) in [5, 5.41) is 0. The Kier molecular flexibility index (Phi) is 6.11. The van der Waals surface area contributed by atoms with E-state index in [1.54, 1.807) is 0 Å². The van der Waals surface area contributed by atoms with Gasteiger partial charge in [-0.1, -0.05) is 26.2 Å². The monoisotopic (exact) mass is 224 g/mol. The third kappa shape index (κ3) is 4.33. The van der Waals surface area contributed by atoms with Gasteiger partial charge < -0.3 is 4.57 Å². The number of imidazole rings is 1. The summed E-state index contributed by atoms with van der Waals surface area (Å²) < 4.78 is 2.07. The highest BCUT2D eigenvalue weighted by Crippen LogP contribution is 2.09. The molecule has 0 aliphatic carbocycles. The van der Waals surface area contributed by atoms with Crippen molar-refractivity contribution in [3.8, 4) is 0 Å². The van der Waals surface area contributed by atoms with Crippen molar-refractivity contribution in [2.24, 2.45) is 12.9 Å². The Hall–Kier alpha value is -0.870. The first-order chi connectivity index (χ1) is 7.77. The van der Waals surface area contributed by atoms with E-state index in [0.717, 1.165) is 25.1 Å². The van der Waals surface area contributed by atoms with E-state index < -0.39 is 0 Å². The maximum atomic E-state index is 5.56. The molecular formula is C12H24N4. The molecule has 0 saturated heterocycles. The minimum atomic E-state index is 0.420. The predicted molar refractivity (Wildman–Crippen MR) is 66.8 cm³/mol. The molecule has 1 rings (SSSR count). The van der Waals surface area contributed by atoms with Gasteiger partial charge in [-0.15, -0.1) is 0 Å². The third-order valence-corrected chi connectivity index (χ3v) is 3.03. The van der Waals surface area contributed by atoms with E-state index in [1.807, 2.05) is 19.4 Å². The molecule has 0 aromatic carbocycles. The lowest BCUT2D eigenvalue weighted by Crippen LogP contribution is -2.35. The molecule has 92 valence electrons. The summed E-state index contributed by atoms with van der Waals surface area (Å²) in [7, 11) is 2.03. The second-order valence-electron chi connectivity index (χ2n) is 4.35. The highest BCUT2D eigenvalue weighted by Gasteiger charge is 2.08. The van der Waals surface area contributed by atoms with Gasteiger partial charge in [0.25, 0.3) is 0 Å². The summed E-state index contributed by atoms with van der Waals surface area (Å²) in [5.74, 6) is 6.69. The van der Waals surface area contributed by atoms with Crippen molar-refractivity contribution in [1.82, 2.24) is 15.0 Å². The lowest BCUT2D eigenvalue weighted by molar-refractivity contribution is 0.438. The summed E-state index contributed by atoms with van der Waals surface area (Å²) in [4.78, 5) is 4.31. The van der Waals surface area contributed by atoms with Crippen LogP contribution >= 0.6 is 0 Å². The predicted octanol–water partition coefficient (Wildman–Crippen LogP) is 1.76. The van der Waals surface area contributed by atoms with Crippen LogP contribution in [0.15, 0.2) is 12.4 Å². The first-order valence-electron chi connectivity index (χ1n) is 6.20. The summed E-state index contributed by atoms with van der Waals surface area (Å²) in [5.41, 5.74) is 2.91. The zero-order chi connectivity index (χ0) is 11.8. The Morgan fingerprint density at radius 3 is 2.81 bits per heavy atom.